The molecule has 122 valence electrons. The lowest BCUT2D eigenvalue weighted by molar-refractivity contribution is -0.125. The second-order valence-electron chi connectivity index (χ2n) is 5.81. The average Bonchev–Trinajstić information content (AvgIpc) is 3.12. The number of carbonyl (C=O) groups excluding carboxylic acids is 1. The van der Waals surface area contributed by atoms with Gasteiger partial charge in [0.25, 0.3) is 0 Å². The summed E-state index contributed by atoms with van der Waals surface area (Å²) >= 11 is 3.26. The van der Waals surface area contributed by atoms with Crippen LogP contribution in [0.2, 0.25) is 0 Å². The standard InChI is InChI=1S/C16H18BrFN4O/c1-22-9-11(6-21-22)14-7-19-8-15(14)16(23)20-5-10-2-12(17)4-13(18)3-10/h2-4,6,9,14-15,19H,5,7-8H2,1H3,(H,20,23)/t14-,15+/m1/s1. The van der Waals surface area contributed by atoms with Crippen LogP contribution in [-0.2, 0) is 18.4 Å². The minimum Gasteiger partial charge on any atom is -0.352 e. The Labute approximate surface area is 142 Å². The first-order chi connectivity index (χ1) is 11.0. The van der Waals surface area contributed by atoms with Gasteiger partial charge in [0.15, 0.2) is 0 Å². The van der Waals surface area contributed by atoms with Crippen molar-refractivity contribution in [1.29, 1.82) is 0 Å². The van der Waals surface area contributed by atoms with Crippen molar-refractivity contribution in [3.8, 4) is 0 Å². The highest BCUT2D eigenvalue weighted by atomic mass is 79.9. The summed E-state index contributed by atoms with van der Waals surface area (Å²) in [6.07, 6.45) is 3.75. The number of carbonyl (C=O) groups is 1. The third-order valence-electron chi connectivity index (χ3n) is 4.09. The van der Waals surface area contributed by atoms with Gasteiger partial charge in [-0.3, -0.25) is 9.48 Å². The number of halogens is 2. The molecule has 1 aromatic heterocycles. The van der Waals surface area contributed by atoms with Crippen molar-refractivity contribution in [1.82, 2.24) is 20.4 Å². The molecule has 0 radical (unpaired) electrons. The zero-order chi connectivity index (χ0) is 16.4. The van der Waals surface area contributed by atoms with Crippen LogP contribution >= 0.6 is 15.9 Å². The van der Waals surface area contributed by atoms with Crippen molar-refractivity contribution in [3.63, 3.8) is 0 Å². The Kier molecular flexibility index (Phi) is 4.77. The molecule has 1 saturated heterocycles. The van der Waals surface area contributed by atoms with Crippen LogP contribution in [-0.4, -0.2) is 28.8 Å². The fourth-order valence-corrected chi connectivity index (χ4v) is 3.48. The molecule has 1 amide bonds. The van der Waals surface area contributed by atoms with Crippen LogP contribution in [0.5, 0.6) is 0 Å². The normalized spacial score (nSPS) is 20.7. The van der Waals surface area contributed by atoms with Gasteiger partial charge in [-0.25, -0.2) is 4.39 Å². The van der Waals surface area contributed by atoms with Crippen LogP contribution in [0.4, 0.5) is 4.39 Å². The Balaban J connectivity index is 1.65. The van der Waals surface area contributed by atoms with E-state index in [0.717, 1.165) is 17.7 Å². The maximum absolute atomic E-state index is 13.4. The fourth-order valence-electron chi connectivity index (χ4n) is 2.97. The largest absolute Gasteiger partial charge is 0.352 e. The number of hydrogen-bond acceptors (Lipinski definition) is 3. The lowest BCUT2D eigenvalue weighted by atomic mass is 9.90. The summed E-state index contributed by atoms with van der Waals surface area (Å²) in [7, 11) is 1.86. The molecule has 2 N–H and O–H groups in total. The number of rotatable bonds is 4. The van der Waals surface area contributed by atoms with Gasteiger partial charge in [-0.05, 0) is 29.3 Å². The molecule has 2 heterocycles. The van der Waals surface area contributed by atoms with Gasteiger partial charge in [0.2, 0.25) is 5.91 Å². The predicted octanol–water partition coefficient (Wildman–Crippen LogP) is 1.94. The summed E-state index contributed by atoms with van der Waals surface area (Å²) in [5.41, 5.74) is 1.79. The number of hydrogen-bond donors (Lipinski definition) is 2. The molecule has 7 heteroatoms. The molecule has 2 atom stereocenters. The first kappa shape index (κ1) is 16.1. The van der Waals surface area contributed by atoms with E-state index in [0.29, 0.717) is 17.6 Å². The second kappa shape index (κ2) is 6.80. The van der Waals surface area contributed by atoms with E-state index < -0.39 is 0 Å². The van der Waals surface area contributed by atoms with Gasteiger partial charge in [-0.2, -0.15) is 5.10 Å². The first-order valence-electron chi connectivity index (χ1n) is 7.45. The monoisotopic (exact) mass is 380 g/mol. The minimum absolute atomic E-state index is 0.0239. The molecule has 0 saturated carbocycles. The maximum Gasteiger partial charge on any atom is 0.225 e. The molecule has 2 aromatic rings. The number of amides is 1. The molecule has 23 heavy (non-hydrogen) atoms. The van der Waals surface area contributed by atoms with E-state index in [1.54, 1.807) is 10.7 Å². The van der Waals surface area contributed by atoms with Crippen molar-refractivity contribution in [3.05, 3.63) is 52.0 Å². The van der Waals surface area contributed by atoms with Crippen LogP contribution in [0.25, 0.3) is 0 Å². The summed E-state index contributed by atoms with van der Waals surface area (Å²) in [6.45, 7) is 1.71. The van der Waals surface area contributed by atoms with E-state index >= 15 is 0 Å². The van der Waals surface area contributed by atoms with Gasteiger partial charge in [0.1, 0.15) is 5.82 Å². The minimum atomic E-state index is -0.320. The summed E-state index contributed by atoms with van der Waals surface area (Å²) in [6, 6.07) is 4.62. The lowest BCUT2D eigenvalue weighted by Crippen LogP contribution is -2.34. The van der Waals surface area contributed by atoms with Crippen molar-refractivity contribution in [2.75, 3.05) is 13.1 Å². The second-order valence-corrected chi connectivity index (χ2v) is 6.73. The Hall–Kier alpha value is -1.73. The number of benzene rings is 1. The molecule has 1 fully saturated rings. The summed E-state index contributed by atoms with van der Waals surface area (Å²) in [5, 5.41) is 10.3. The zero-order valence-corrected chi connectivity index (χ0v) is 14.3. The molecule has 0 spiro atoms. The van der Waals surface area contributed by atoms with Gasteiger partial charge in [0, 0.05) is 43.3 Å². The Bertz CT molecular complexity index is 698. The first-order valence-corrected chi connectivity index (χ1v) is 8.24. The highest BCUT2D eigenvalue weighted by Crippen LogP contribution is 2.28. The van der Waals surface area contributed by atoms with E-state index in [-0.39, 0.29) is 23.6 Å². The quantitative estimate of drug-likeness (QED) is 0.851. The van der Waals surface area contributed by atoms with Gasteiger partial charge in [-0.1, -0.05) is 15.9 Å². The molecule has 5 nitrogen and oxygen atoms in total. The molecule has 1 aromatic carbocycles. The van der Waals surface area contributed by atoms with Crippen LogP contribution < -0.4 is 10.6 Å². The van der Waals surface area contributed by atoms with Crippen LogP contribution in [0.1, 0.15) is 17.0 Å². The number of aryl methyl sites for hydroxylation is 1. The molecule has 1 aliphatic rings. The topological polar surface area (TPSA) is 59.0 Å². The molecule has 1 aliphatic heterocycles. The van der Waals surface area contributed by atoms with E-state index in [9.17, 15) is 9.18 Å². The summed E-state index contributed by atoms with van der Waals surface area (Å²) in [5.74, 6) is -0.372. The Morgan fingerprint density at radius 2 is 2.30 bits per heavy atom. The Morgan fingerprint density at radius 3 is 3.00 bits per heavy atom. The van der Waals surface area contributed by atoms with Gasteiger partial charge < -0.3 is 10.6 Å². The van der Waals surface area contributed by atoms with Crippen molar-refractivity contribution in [2.24, 2.45) is 13.0 Å². The van der Waals surface area contributed by atoms with Crippen LogP contribution in [0.3, 0.4) is 0 Å². The molecular formula is C16H18BrFN4O. The van der Waals surface area contributed by atoms with Gasteiger partial charge in [0.05, 0.1) is 12.1 Å². The highest BCUT2D eigenvalue weighted by molar-refractivity contribution is 9.10. The van der Waals surface area contributed by atoms with Crippen molar-refractivity contribution >= 4 is 21.8 Å². The van der Waals surface area contributed by atoms with E-state index in [2.05, 4.69) is 31.7 Å². The molecule has 0 unspecified atom stereocenters. The third kappa shape index (κ3) is 3.79. The molecular weight excluding hydrogens is 363 g/mol. The lowest BCUT2D eigenvalue weighted by Gasteiger charge is -2.17. The average molecular weight is 381 g/mol. The summed E-state index contributed by atoms with van der Waals surface area (Å²) in [4.78, 5) is 12.5. The maximum atomic E-state index is 13.4. The smallest absolute Gasteiger partial charge is 0.225 e. The summed E-state index contributed by atoms with van der Waals surface area (Å²) < 4.78 is 15.8. The van der Waals surface area contributed by atoms with E-state index in [1.807, 2.05) is 19.4 Å². The van der Waals surface area contributed by atoms with Crippen LogP contribution in [0.15, 0.2) is 35.1 Å². The van der Waals surface area contributed by atoms with Gasteiger partial charge >= 0.3 is 0 Å². The third-order valence-corrected chi connectivity index (χ3v) is 4.55. The van der Waals surface area contributed by atoms with Crippen molar-refractivity contribution in [2.45, 2.75) is 12.5 Å². The fraction of sp³-hybridized carbons (Fsp3) is 0.375. The van der Waals surface area contributed by atoms with Gasteiger partial charge in [-0.15, -0.1) is 0 Å². The molecule has 0 bridgehead atoms. The van der Waals surface area contributed by atoms with Crippen molar-refractivity contribution < 1.29 is 9.18 Å². The predicted molar refractivity (Wildman–Crippen MR) is 88.3 cm³/mol. The van der Waals surface area contributed by atoms with E-state index in [4.69, 9.17) is 0 Å². The number of nitrogens with zero attached hydrogens (tertiary/aromatic N) is 2. The zero-order valence-electron chi connectivity index (χ0n) is 12.7. The Morgan fingerprint density at radius 1 is 1.48 bits per heavy atom. The molecule has 0 aliphatic carbocycles. The highest BCUT2D eigenvalue weighted by Gasteiger charge is 2.34. The SMILES string of the molecule is Cn1cc([C@H]2CNC[C@@H]2C(=O)NCc2cc(F)cc(Br)c2)cn1. The van der Waals surface area contributed by atoms with E-state index in [1.165, 1.54) is 12.1 Å². The number of nitrogens with one attached hydrogen (secondary N) is 2. The molecule has 3 rings (SSSR count). The van der Waals surface area contributed by atoms with Crippen LogP contribution in [0, 0.1) is 11.7 Å². The number of aromatic nitrogens is 2.